The van der Waals surface area contributed by atoms with Gasteiger partial charge in [-0.1, -0.05) is 0 Å². The topological polar surface area (TPSA) is 77.4 Å². The van der Waals surface area contributed by atoms with Crippen LogP contribution in [0.2, 0.25) is 0 Å². The van der Waals surface area contributed by atoms with Crippen LogP contribution >= 0.6 is 0 Å². The molecule has 0 aliphatic heterocycles. The maximum atomic E-state index is 10.7. The summed E-state index contributed by atoms with van der Waals surface area (Å²) in [5.74, 6) is 0.451. The van der Waals surface area contributed by atoms with Crippen LogP contribution < -0.4 is 0 Å². The predicted molar refractivity (Wildman–Crippen MR) is 75.5 cm³/mol. The molecule has 1 aromatic carbocycles. The monoisotopic (exact) mass is 346 g/mol. The van der Waals surface area contributed by atoms with Crippen LogP contribution in [0.3, 0.4) is 0 Å². The summed E-state index contributed by atoms with van der Waals surface area (Å²) in [6.45, 7) is 6.02. The SMILES string of the molecule is Cc1cc([S+](C)C)c(C)c(C)c1O.O=S(=O)([O-])C(F)(F)F. The molecular weight excluding hydrogens is 329 g/mol. The summed E-state index contributed by atoms with van der Waals surface area (Å²) in [6.07, 6.45) is 4.41. The predicted octanol–water partition coefficient (Wildman–Crippen LogP) is 2.61. The average Bonchev–Trinajstić information content (AvgIpc) is 2.29. The lowest BCUT2D eigenvalue weighted by Gasteiger charge is -2.09. The minimum atomic E-state index is -6.09. The highest BCUT2D eigenvalue weighted by atomic mass is 32.2. The smallest absolute Gasteiger partial charge is 0.485 e. The fourth-order valence-corrected chi connectivity index (χ4v) is 2.63. The van der Waals surface area contributed by atoms with Crippen molar-refractivity contribution < 1.29 is 31.2 Å². The van der Waals surface area contributed by atoms with Gasteiger partial charge in [0, 0.05) is 22.5 Å². The van der Waals surface area contributed by atoms with Gasteiger partial charge in [0.05, 0.1) is 0 Å². The number of alkyl halides is 3. The molecule has 0 unspecified atom stereocenters. The van der Waals surface area contributed by atoms with Crippen molar-refractivity contribution in [2.45, 2.75) is 31.2 Å². The van der Waals surface area contributed by atoms with Gasteiger partial charge in [0.2, 0.25) is 0 Å². The van der Waals surface area contributed by atoms with E-state index in [-0.39, 0.29) is 10.9 Å². The summed E-state index contributed by atoms with van der Waals surface area (Å²) < 4.78 is 58.9. The number of halogens is 3. The Kier molecular flexibility index (Phi) is 6.58. The van der Waals surface area contributed by atoms with E-state index in [1.807, 2.05) is 13.8 Å². The van der Waals surface area contributed by atoms with Gasteiger partial charge >= 0.3 is 5.51 Å². The highest BCUT2D eigenvalue weighted by molar-refractivity contribution is 7.95. The normalized spacial score (nSPS) is 12.1. The van der Waals surface area contributed by atoms with Gasteiger partial charge in [-0.25, -0.2) is 8.42 Å². The standard InChI is InChI=1S/C11H16OS.CHF3O3S/c1-7-6-10(13(4)5)8(2)9(3)11(7)12;2-1(3,4)8(5,6)7/h6H,1-5H3;(H,5,6,7). The van der Waals surface area contributed by atoms with Crippen LogP contribution in [0.4, 0.5) is 13.2 Å². The maximum absolute atomic E-state index is 10.7. The molecule has 0 spiro atoms. The summed E-state index contributed by atoms with van der Waals surface area (Å²) in [4.78, 5) is 1.37. The van der Waals surface area contributed by atoms with Crippen LogP contribution in [-0.2, 0) is 21.0 Å². The Bertz CT molecular complexity index is 608. The number of hydrogen-bond acceptors (Lipinski definition) is 4. The number of aromatic hydroxyl groups is 1. The van der Waals surface area contributed by atoms with Crippen molar-refractivity contribution in [1.29, 1.82) is 0 Å². The lowest BCUT2D eigenvalue weighted by molar-refractivity contribution is -0.0517. The molecule has 1 rings (SSSR count). The second-order valence-electron chi connectivity index (χ2n) is 4.51. The second kappa shape index (κ2) is 6.89. The third-order valence-corrected chi connectivity index (χ3v) is 4.60. The Balaban J connectivity index is 0.000000433. The summed E-state index contributed by atoms with van der Waals surface area (Å²) in [5, 5.41) is 9.70. The van der Waals surface area contributed by atoms with E-state index in [1.165, 1.54) is 10.5 Å². The first-order valence-electron chi connectivity index (χ1n) is 5.59. The third kappa shape index (κ3) is 5.40. The van der Waals surface area contributed by atoms with Crippen LogP contribution in [0, 0.1) is 20.8 Å². The van der Waals surface area contributed by atoms with Gasteiger partial charge in [-0.2, -0.15) is 13.2 Å². The fraction of sp³-hybridized carbons (Fsp3) is 0.500. The van der Waals surface area contributed by atoms with E-state index >= 15 is 0 Å². The Hall–Kier alpha value is -0.930. The Morgan fingerprint density at radius 3 is 1.81 bits per heavy atom. The van der Waals surface area contributed by atoms with Gasteiger partial charge in [-0.3, -0.25) is 0 Å². The molecule has 9 heteroatoms. The van der Waals surface area contributed by atoms with Crippen molar-refractivity contribution in [1.82, 2.24) is 0 Å². The van der Waals surface area contributed by atoms with E-state index in [9.17, 15) is 18.3 Å². The zero-order valence-corrected chi connectivity index (χ0v) is 13.8. The molecule has 0 saturated carbocycles. The van der Waals surface area contributed by atoms with Gasteiger partial charge in [0.25, 0.3) is 0 Å². The first-order valence-corrected chi connectivity index (χ1v) is 9.04. The van der Waals surface area contributed by atoms with E-state index < -0.39 is 15.6 Å². The van der Waals surface area contributed by atoms with Crippen LogP contribution in [0.15, 0.2) is 11.0 Å². The first kappa shape index (κ1) is 20.1. The molecule has 0 saturated heterocycles. The quantitative estimate of drug-likeness (QED) is 0.482. The highest BCUT2D eigenvalue weighted by Crippen LogP contribution is 2.29. The molecule has 21 heavy (non-hydrogen) atoms. The van der Waals surface area contributed by atoms with Crippen LogP contribution in [0.5, 0.6) is 5.75 Å². The van der Waals surface area contributed by atoms with E-state index in [1.54, 1.807) is 0 Å². The molecule has 1 aromatic rings. The van der Waals surface area contributed by atoms with Gasteiger partial charge in [-0.15, -0.1) is 0 Å². The lowest BCUT2D eigenvalue weighted by atomic mass is 10.1. The molecule has 0 radical (unpaired) electrons. The summed E-state index contributed by atoms with van der Waals surface area (Å²) in [5.41, 5.74) is -2.40. The molecule has 0 heterocycles. The zero-order valence-electron chi connectivity index (χ0n) is 12.2. The van der Waals surface area contributed by atoms with Crippen LogP contribution in [0.25, 0.3) is 0 Å². The van der Waals surface area contributed by atoms with Gasteiger partial charge in [0.1, 0.15) is 18.3 Å². The molecular formula is C12H17F3O4S2. The summed E-state index contributed by atoms with van der Waals surface area (Å²) in [6, 6.07) is 2.10. The fourth-order valence-electron chi connectivity index (χ4n) is 1.46. The number of phenolic OH excluding ortho intramolecular Hbond substituents is 1. The molecule has 0 fully saturated rings. The molecule has 0 aliphatic rings. The summed E-state index contributed by atoms with van der Waals surface area (Å²) >= 11 is 0. The van der Waals surface area contributed by atoms with Crippen molar-refractivity contribution >= 4 is 21.0 Å². The number of aryl methyl sites for hydroxylation is 1. The molecule has 0 aliphatic carbocycles. The minimum Gasteiger partial charge on any atom is -0.741 e. The van der Waals surface area contributed by atoms with Gasteiger partial charge in [-0.05, 0) is 31.9 Å². The first-order chi connectivity index (χ1) is 9.20. The molecule has 0 amide bonds. The zero-order chi connectivity index (χ0) is 17.2. The number of hydrogen-bond donors (Lipinski definition) is 1. The van der Waals surface area contributed by atoms with Crippen LogP contribution in [-0.4, -0.2) is 36.1 Å². The van der Waals surface area contributed by atoms with Crippen molar-refractivity contribution in [2.75, 3.05) is 12.5 Å². The third-order valence-electron chi connectivity index (χ3n) is 2.73. The Labute approximate surface area is 125 Å². The molecule has 0 aromatic heterocycles. The summed E-state index contributed by atoms with van der Waals surface area (Å²) in [7, 11) is -5.82. The van der Waals surface area contributed by atoms with E-state index in [0.717, 1.165) is 11.1 Å². The van der Waals surface area contributed by atoms with Gasteiger partial charge < -0.3 is 9.66 Å². The van der Waals surface area contributed by atoms with Gasteiger partial charge in [0.15, 0.2) is 15.0 Å². The number of benzene rings is 1. The van der Waals surface area contributed by atoms with E-state index in [4.69, 9.17) is 13.0 Å². The average molecular weight is 346 g/mol. The number of phenols is 1. The largest absolute Gasteiger partial charge is 0.741 e. The van der Waals surface area contributed by atoms with E-state index in [2.05, 4.69) is 25.5 Å². The highest BCUT2D eigenvalue weighted by Gasteiger charge is 2.36. The van der Waals surface area contributed by atoms with Crippen LogP contribution in [0.1, 0.15) is 16.7 Å². The molecule has 122 valence electrons. The lowest BCUT2D eigenvalue weighted by Crippen LogP contribution is -2.21. The van der Waals surface area contributed by atoms with Crippen molar-refractivity contribution in [2.24, 2.45) is 0 Å². The molecule has 0 bridgehead atoms. The molecule has 4 nitrogen and oxygen atoms in total. The van der Waals surface area contributed by atoms with Crippen molar-refractivity contribution in [3.8, 4) is 5.75 Å². The van der Waals surface area contributed by atoms with E-state index in [0.29, 0.717) is 5.75 Å². The number of rotatable bonds is 1. The second-order valence-corrected chi connectivity index (χ2v) is 7.95. The molecule has 0 atom stereocenters. The Morgan fingerprint density at radius 1 is 1.14 bits per heavy atom. The minimum absolute atomic E-state index is 0.270. The maximum Gasteiger partial charge on any atom is 0.485 e. The van der Waals surface area contributed by atoms with Crippen molar-refractivity contribution in [3.63, 3.8) is 0 Å². The Morgan fingerprint density at radius 2 is 1.52 bits per heavy atom. The van der Waals surface area contributed by atoms with Crippen molar-refractivity contribution in [3.05, 3.63) is 22.8 Å². The molecule has 1 N–H and O–H groups in total.